The average molecular weight is 385 g/mol. The van der Waals surface area contributed by atoms with Gasteiger partial charge in [0.1, 0.15) is 0 Å². The van der Waals surface area contributed by atoms with Crippen LogP contribution >= 0.6 is 11.6 Å². The predicted molar refractivity (Wildman–Crippen MR) is 102 cm³/mol. The summed E-state index contributed by atoms with van der Waals surface area (Å²) in [6.45, 7) is 0. The van der Waals surface area contributed by atoms with E-state index in [1.165, 1.54) is 13.2 Å². The molecule has 2 aromatic carbocycles. The summed E-state index contributed by atoms with van der Waals surface area (Å²) >= 11 is 6.38. The highest BCUT2D eigenvalue weighted by molar-refractivity contribution is 6.33. The van der Waals surface area contributed by atoms with Gasteiger partial charge in [0.05, 0.1) is 39.9 Å². The molecule has 1 heterocycles. The van der Waals surface area contributed by atoms with E-state index in [-0.39, 0.29) is 34.5 Å². The maximum atomic E-state index is 11.7. The normalized spacial score (nSPS) is 22.5. The molecule has 138 valence electrons. The lowest BCUT2D eigenvalue weighted by Gasteiger charge is -2.37. The molecule has 0 amide bonds. The minimum absolute atomic E-state index is 0.0660. The van der Waals surface area contributed by atoms with Crippen LogP contribution < -0.4 is 5.32 Å². The molecule has 1 aliphatic carbocycles. The number of halogens is 1. The van der Waals surface area contributed by atoms with Crippen molar-refractivity contribution in [3.63, 3.8) is 0 Å². The summed E-state index contributed by atoms with van der Waals surface area (Å²) in [4.78, 5) is 22.8. The number of anilines is 1. The number of benzene rings is 2. The van der Waals surface area contributed by atoms with Gasteiger partial charge < -0.3 is 10.1 Å². The van der Waals surface area contributed by atoms with Gasteiger partial charge in [0.2, 0.25) is 0 Å². The Balaban J connectivity index is 1.77. The number of nitrogens with zero attached hydrogens (tertiary/aromatic N) is 1. The number of carbonyl (C=O) groups excluding carboxylic acids is 1. The van der Waals surface area contributed by atoms with Crippen LogP contribution in [0.25, 0.3) is 0 Å². The molecule has 2 aliphatic rings. The van der Waals surface area contributed by atoms with E-state index in [0.717, 1.165) is 12.0 Å². The fourth-order valence-electron chi connectivity index (χ4n) is 4.09. The summed E-state index contributed by atoms with van der Waals surface area (Å²) in [6, 6.07) is 10.2. The first-order valence-corrected chi connectivity index (χ1v) is 8.97. The molecule has 0 spiro atoms. The summed E-state index contributed by atoms with van der Waals surface area (Å²) in [6.07, 6.45) is 4.90. The SMILES string of the molecule is COC(=O)c1ccc([C@H]2Nc3c(Cl)ccc([N+](=O)[O-])c3C3C=CCC32)cc1. The summed E-state index contributed by atoms with van der Waals surface area (Å²) in [7, 11) is 1.35. The fraction of sp³-hybridized carbons (Fsp3) is 0.250. The molecule has 3 atom stereocenters. The molecular weight excluding hydrogens is 368 g/mol. The molecule has 1 N–H and O–H groups in total. The number of rotatable bonds is 3. The molecule has 0 bridgehead atoms. The van der Waals surface area contributed by atoms with Crippen LogP contribution in [-0.2, 0) is 4.74 Å². The number of hydrogen-bond acceptors (Lipinski definition) is 5. The van der Waals surface area contributed by atoms with Gasteiger partial charge in [-0.15, -0.1) is 0 Å². The molecule has 1 aliphatic heterocycles. The smallest absolute Gasteiger partial charge is 0.337 e. The minimum Gasteiger partial charge on any atom is -0.465 e. The number of fused-ring (bicyclic) bond motifs is 3. The van der Waals surface area contributed by atoms with Crippen molar-refractivity contribution in [2.45, 2.75) is 18.4 Å². The van der Waals surface area contributed by atoms with E-state index in [9.17, 15) is 14.9 Å². The Morgan fingerprint density at radius 3 is 2.67 bits per heavy atom. The summed E-state index contributed by atoms with van der Waals surface area (Å²) in [5.41, 5.74) is 2.82. The van der Waals surface area contributed by atoms with Gasteiger partial charge in [0.25, 0.3) is 5.69 Å². The Kier molecular flexibility index (Phi) is 4.36. The van der Waals surface area contributed by atoms with Crippen LogP contribution in [0.15, 0.2) is 48.6 Å². The van der Waals surface area contributed by atoms with E-state index >= 15 is 0 Å². The molecule has 7 heteroatoms. The highest BCUT2D eigenvalue weighted by Crippen LogP contribution is 2.54. The third kappa shape index (κ3) is 2.86. The van der Waals surface area contributed by atoms with Gasteiger partial charge in [-0.25, -0.2) is 4.79 Å². The Labute approximate surface area is 160 Å². The van der Waals surface area contributed by atoms with E-state index in [1.807, 2.05) is 18.2 Å². The molecule has 6 nitrogen and oxygen atoms in total. The zero-order valence-corrected chi connectivity index (χ0v) is 15.3. The number of esters is 1. The average Bonchev–Trinajstić information content (AvgIpc) is 3.17. The second kappa shape index (κ2) is 6.70. The van der Waals surface area contributed by atoms with Gasteiger partial charge >= 0.3 is 5.97 Å². The van der Waals surface area contributed by atoms with Gasteiger partial charge in [-0.1, -0.05) is 35.9 Å². The molecule has 2 aromatic rings. The molecule has 0 aromatic heterocycles. The number of ether oxygens (including phenoxy) is 1. The lowest BCUT2D eigenvalue weighted by molar-refractivity contribution is -0.385. The van der Waals surface area contributed by atoms with E-state index in [1.54, 1.807) is 18.2 Å². The second-order valence-electron chi connectivity index (χ2n) is 6.70. The number of carbonyl (C=O) groups is 1. The minimum atomic E-state index is -0.387. The van der Waals surface area contributed by atoms with E-state index in [2.05, 4.69) is 11.4 Å². The van der Waals surface area contributed by atoms with Crippen LogP contribution in [0.3, 0.4) is 0 Å². The fourth-order valence-corrected chi connectivity index (χ4v) is 4.31. The number of nitro benzene ring substituents is 1. The van der Waals surface area contributed by atoms with E-state index in [0.29, 0.717) is 21.8 Å². The highest BCUT2D eigenvalue weighted by atomic mass is 35.5. The summed E-state index contributed by atoms with van der Waals surface area (Å²) < 4.78 is 4.74. The van der Waals surface area contributed by atoms with Crippen molar-refractivity contribution >= 4 is 28.9 Å². The topological polar surface area (TPSA) is 81.5 Å². The molecule has 4 rings (SSSR count). The van der Waals surface area contributed by atoms with Crippen LogP contribution in [0, 0.1) is 16.0 Å². The van der Waals surface area contributed by atoms with Gasteiger partial charge in [0, 0.05) is 12.0 Å². The van der Waals surface area contributed by atoms with Crippen molar-refractivity contribution in [1.29, 1.82) is 0 Å². The maximum absolute atomic E-state index is 11.7. The van der Waals surface area contributed by atoms with Gasteiger partial charge in [-0.3, -0.25) is 10.1 Å². The Bertz CT molecular complexity index is 955. The Morgan fingerprint density at radius 1 is 1.26 bits per heavy atom. The Hall–Kier alpha value is -2.86. The van der Waals surface area contributed by atoms with Crippen molar-refractivity contribution in [3.05, 3.63) is 80.4 Å². The number of nitro groups is 1. The van der Waals surface area contributed by atoms with Crippen molar-refractivity contribution in [2.75, 3.05) is 12.4 Å². The van der Waals surface area contributed by atoms with E-state index < -0.39 is 0 Å². The quantitative estimate of drug-likeness (QED) is 0.353. The molecule has 0 fully saturated rings. The predicted octanol–water partition coefficient (Wildman–Crippen LogP) is 4.86. The van der Waals surface area contributed by atoms with Crippen molar-refractivity contribution in [1.82, 2.24) is 0 Å². The van der Waals surface area contributed by atoms with Crippen LogP contribution in [0.4, 0.5) is 11.4 Å². The van der Waals surface area contributed by atoms with Crippen molar-refractivity contribution < 1.29 is 14.5 Å². The number of methoxy groups -OCH3 is 1. The first kappa shape index (κ1) is 17.5. The van der Waals surface area contributed by atoms with Crippen molar-refractivity contribution in [2.24, 2.45) is 5.92 Å². The maximum Gasteiger partial charge on any atom is 0.337 e. The molecule has 0 saturated heterocycles. The highest BCUT2D eigenvalue weighted by Gasteiger charge is 2.42. The van der Waals surface area contributed by atoms with Crippen LogP contribution in [0.5, 0.6) is 0 Å². The van der Waals surface area contributed by atoms with Gasteiger partial charge in [0.15, 0.2) is 0 Å². The molecule has 2 unspecified atom stereocenters. The van der Waals surface area contributed by atoms with Crippen LogP contribution in [0.1, 0.15) is 39.9 Å². The van der Waals surface area contributed by atoms with Gasteiger partial charge in [-0.2, -0.15) is 0 Å². The monoisotopic (exact) mass is 384 g/mol. The lowest BCUT2D eigenvalue weighted by atomic mass is 9.76. The van der Waals surface area contributed by atoms with Crippen LogP contribution in [-0.4, -0.2) is 18.0 Å². The van der Waals surface area contributed by atoms with Crippen molar-refractivity contribution in [3.8, 4) is 0 Å². The third-order valence-electron chi connectivity index (χ3n) is 5.33. The zero-order chi connectivity index (χ0) is 19.1. The molecule has 0 radical (unpaired) electrons. The number of allylic oxidation sites excluding steroid dienone is 2. The summed E-state index contributed by atoms with van der Waals surface area (Å²) in [5.74, 6) is -0.327. The van der Waals surface area contributed by atoms with Crippen LogP contribution in [0.2, 0.25) is 5.02 Å². The third-order valence-corrected chi connectivity index (χ3v) is 5.65. The molecule has 27 heavy (non-hydrogen) atoms. The largest absolute Gasteiger partial charge is 0.465 e. The summed E-state index contributed by atoms with van der Waals surface area (Å²) in [5, 5.41) is 15.4. The molecular formula is C20H17ClN2O4. The zero-order valence-electron chi connectivity index (χ0n) is 14.5. The first-order chi connectivity index (χ1) is 13.0. The standard InChI is InChI=1S/C20H17ClN2O4/c1-27-20(24)12-7-5-11(6-8-12)18-14-4-2-3-13(14)17-16(23(25)26)10-9-15(21)19(17)22-18/h2-3,5-10,13-14,18,22H,4H2,1H3/t13?,14?,18-/m1/s1. The Morgan fingerprint density at radius 2 is 2.00 bits per heavy atom. The van der Waals surface area contributed by atoms with Gasteiger partial charge in [-0.05, 0) is 36.1 Å². The second-order valence-corrected chi connectivity index (χ2v) is 7.11. The van der Waals surface area contributed by atoms with E-state index in [4.69, 9.17) is 16.3 Å². The molecule has 0 saturated carbocycles. The number of hydrogen-bond donors (Lipinski definition) is 1. The lowest BCUT2D eigenvalue weighted by Crippen LogP contribution is -2.30. The first-order valence-electron chi connectivity index (χ1n) is 8.59. The number of nitrogens with one attached hydrogen (secondary N) is 1.